The molecule has 2 rings (SSSR count). The fraction of sp³-hybridized carbons (Fsp3) is 0.0909. The third-order valence-electron chi connectivity index (χ3n) is 2.02. The van der Waals surface area contributed by atoms with Gasteiger partial charge in [-0.2, -0.15) is 0 Å². The molecule has 0 aliphatic carbocycles. The van der Waals surface area contributed by atoms with Gasteiger partial charge >= 0.3 is 5.97 Å². The fourth-order valence-electron chi connectivity index (χ4n) is 1.23. The number of carbonyl (C=O) groups is 1. The zero-order valence-electron chi connectivity index (χ0n) is 8.59. The van der Waals surface area contributed by atoms with Crippen LogP contribution in [0.15, 0.2) is 34.2 Å². The molecule has 4 nitrogen and oxygen atoms in total. The molecular formula is C11H8BrNO3S. The molecule has 1 heterocycles. The summed E-state index contributed by atoms with van der Waals surface area (Å²) in [4.78, 5) is 15.0. The van der Waals surface area contributed by atoms with Crippen LogP contribution in [-0.2, 0) is 6.61 Å². The summed E-state index contributed by atoms with van der Waals surface area (Å²) < 4.78 is 6.42. The van der Waals surface area contributed by atoms with E-state index in [0.717, 1.165) is 15.8 Å². The number of carboxylic acids is 1. The fourth-order valence-corrected chi connectivity index (χ4v) is 2.13. The van der Waals surface area contributed by atoms with Gasteiger partial charge in [0, 0.05) is 4.47 Å². The van der Waals surface area contributed by atoms with Crippen LogP contribution in [-0.4, -0.2) is 16.1 Å². The van der Waals surface area contributed by atoms with E-state index in [4.69, 9.17) is 9.84 Å². The molecule has 0 unspecified atom stereocenters. The molecule has 17 heavy (non-hydrogen) atoms. The van der Waals surface area contributed by atoms with E-state index in [2.05, 4.69) is 20.9 Å². The monoisotopic (exact) mass is 313 g/mol. The maximum atomic E-state index is 10.8. The minimum absolute atomic E-state index is 0.159. The van der Waals surface area contributed by atoms with Gasteiger partial charge in [-0.1, -0.05) is 15.9 Å². The first-order valence-corrected chi connectivity index (χ1v) is 6.38. The van der Waals surface area contributed by atoms with Crippen molar-refractivity contribution in [2.75, 3.05) is 0 Å². The third-order valence-corrected chi connectivity index (χ3v) is 3.41. The molecule has 0 amide bonds. The zero-order valence-corrected chi connectivity index (χ0v) is 11.0. The molecular weight excluding hydrogens is 306 g/mol. The van der Waals surface area contributed by atoms with Gasteiger partial charge in [-0.05, 0) is 24.3 Å². The molecule has 88 valence electrons. The quantitative estimate of drug-likeness (QED) is 0.941. The average Bonchev–Trinajstić information content (AvgIpc) is 2.76. The molecule has 1 N–H and O–H groups in total. The highest BCUT2D eigenvalue weighted by Gasteiger charge is 2.13. The molecule has 0 aliphatic heterocycles. The van der Waals surface area contributed by atoms with Gasteiger partial charge in [0.1, 0.15) is 22.9 Å². The van der Waals surface area contributed by atoms with Crippen LogP contribution >= 0.6 is 27.3 Å². The first kappa shape index (κ1) is 12.1. The Bertz CT molecular complexity index is 524. The van der Waals surface area contributed by atoms with E-state index in [0.29, 0.717) is 11.4 Å². The van der Waals surface area contributed by atoms with E-state index in [1.807, 2.05) is 12.1 Å². The second-order valence-electron chi connectivity index (χ2n) is 3.18. The number of halogens is 1. The van der Waals surface area contributed by atoms with Crippen LogP contribution in [0.2, 0.25) is 0 Å². The Balaban J connectivity index is 2.05. The van der Waals surface area contributed by atoms with Gasteiger partial charge in [0.15, 0.2) is 0 Å². The lowest BCUT2D eigenvalue weighted by molar-refractivity contribution is 0.0699. The lowest BCUT2D eigenvalue weighted by Crippen LogP contribution is -2.03. The summed E-state index contributed by atoms with van der Waals surface area (Å²) in [5.74, 6) is -0.292. The van der Waals surface area contributed by atoms with Crippen LogP contribution in [0.3, 0.4) is 0 Å². The standard InChI is InChI=1S/C11H8BrNO3S/c12-7-1-3-8(4-2-7)16-5-9-10(11(14)15)17-6-13-9/h1-4,6H,5H2,(H,14,15). The van der Waals surface area contributed by atoms with Crippen molar-refractivity contribution >= 4 is 33.2 Å². The summed E-state index contributed by atoms with van der Waals surface area (Å²) in [6, 6.07) is 7.32. The molecule has 0 aliphatic rings. The first-order chi connectivity index (χ1) is 8.16. The molecule has 1 aromatic heterocycles. The summed E-state index contributed by atoms with van der Waals surface area (Å²) in [5, 5.41) is 8.90. The number of aromatic carboxylic acids is 1. The van der Waals surface area contributed by atoms with Gasteiger partial charge in [0.25, 0.3) is 0 Å². The van der Waals surface area contributed by atoms with Gasteiger partial charge < -0.3 is 9.84 Å². The Labute approximate surface area is 110 Å². The largest absolute Gasteiger partial charge is 0.487 e. The van der Waals surface area contributed by atoms with Crippen molar-refractivity contribution in [3.63, 3.8) is 0 Å². The Morgan fingerprint density at radius 3 is 2.76 bits per heavy atom. The smallest absolute Gasteiger partial charge is 0.347 e. The normalized spacial score (nSPS) is 10.2. The summed E-state index contributed by atoms with van der Waals surface area (Å²) in [6.45, 7) is 0.159. The van der Waals surface area contributed by atoms with E-state index in [1.54, 1.807) is 12.1 Å². The van der Waals surface area contributed by atoms with Crippen molar-refractivity contribution in [3.8, 4) is 5.75 Å². The number of thiazole rings is 1. The molecule has 0 bridgehead atoms. The molecule has 0 fully saturated rings. The van der Waals surface area contributed by atoms with E-state index in [9.17, 15) is 4.79 Å². The number of nitrogens with zero attached hydrogens (tertiary/aromatic N) is 1. The third kappa shape index (κ3) is 3.04. The summed E-state index contributed by atoms with van der Waals surface area (Å²) in [5.41, 5.74) is 1.95. The molecule has 0 saturated carbocycles. The van der Waals surface area contributed by atoms with Crippen molar-refractivity contribution in [2.45, 2.75) is 6.61 Å². The number of aromatic nitrogens is 1. The Morgan fingerprint density at radius 1 is 1.41 bits per heavy atom. The first-order valence-electron chi connectivity index (χ1n) is 4.71. The summed E-state index contributed by atoms with van der Waals surface area (Å²) >= 11 is 4.42. The lowest BCUT2D eigenvalue weighted by atomic mass is 10.3. The van der Waals surface area contributed by atoms with Gasteiger partial charge in [-0.15, -0.1) is 11.3 Å². The summed E-state index contributed by atoms with van der Waals surface area (Å²) in [6.07, 6.45) is 0. The molecule has 2 aromatic rings. The minimum atomic E-state index is -0.970. The maximum absolute atomic E-state index is 10.8. The number of hydrogen-bond acceptors (Lipinski definition) is 4. The number of rotatable bonds is 4. The van der Waals surface area contributed by atoms with E-state index in [-0.39, 0.29) is 11.5 Å². The van der Waals surface area contributed by atoms with Crippen LogP contribution < -0.4 is 4.74 Å². The number of hydrogen-bond donors (Lipinski definition) is 1. The Hall–Kier alpha value is -1.40. The molecule has 0 saturated heterocycles. The van der Waals surface area contributed by atoms with Crippen molar-refractivity contribution in [3.05, 3.63) is 44.8 Å². The summed E-state index contributed by atoms with van der Waals surface area (Å²) in [7, 11) is 0. The Kier molecular flexibility index (Phi) is 3.75. The van der Waals surface area contributed by atoms with Crippen LogP contribution in [0.25, 0.3) is 0 Å². The maximum Gasteiger partial charge on any atom is 0.347 e. The highest BCUT2D eigenvalue weighted by Crippen LogP contribution is 2.19. The number of ether oxygens (including phenoxy) is 1. The van der Waals surface area contributed by atoms with Crippen molar-refractivity contribution in [2.24, 2.45) is 0 Å². The lowest BCUT2D eigenvalue weighted by Gasteiger charge is -2.04. The number of carboxylic acid groups (broad SMARTS) is 1. The van der Waals surface area contributed by atoms with Crippen LogP contribution in [0.5, 0.6) is 5.75 Å². The molecule has 0 radical (unpaired) electrons. The van der Waals surface area contributed by atoms with Crippen LogP contribution in [0.1, 0.15) is 15.4 Å². The van der Waals surface area contributed by atoms with E-state index < -0.39 is 5.97 Å². The van der Waals surface area contributed by atoms with Gasteiger partial charge in [0.05, 0.1) is 5.51 Å². The Morgan fingerprint density at radius 2 is 2.12 bits per heavy atom. The topological polar surface area (TPSA) is 59.4 Å². The second kappa shape index (κ2) is 5.29. The molecule has 6 heteroatoms. The minimum Gasteiger partial charge on any atom is -0.487 e. The molecule has 1 aromatic carbocycles. The van der Waals surface area contributed by atoms with Crippen LogP contribution in [0, 0.1) is 0 Å². The van der Waals surface area contributed by atoms with Crippen molar-refractivity contribution in [1.29, 1.82) is 0 Å². The van der Waals surface area contributed by atoms with Crippen molar-refractivity contribution < 1.29 is 14.6 Å². The van der Waals surface area contributed by atoms with Gasteiger partial charge in [-0.25, -0.2) is 9.78 Å². The van der Waals surface area contributed by atoms with Crippen molar-refractivity contribution in [1.82, 2.24) is 4.98 Å². The molecule has 0 atom stereocenters. The van der Waals surface area contributed by atoms with E-state index in [1.165, 1.54) is 5.51 Å². The predicted octanol–water partition coefficient (Wildman–Crippen LogP) is 3.18. The zero-order chi connectivity index (χ0) is 12.3. The van der Waals surface area contributed by atoms with Gasteiger partial charge in [0.2, 0.25) is 0 Å². The highest BCUT2D eigenvalue weighted by molar-refractivity contribution is 9.10. The second-order valence-corrected chi connectivity index (χ2v) is 4.95. The average molecular weight is 314 g/mol. The highest BCUT2D eigenvalue weighted by atomic mass is 79.9. The SMILES string of the molecule is O=C(O)c1scnc1COc1ccc(Br)cc1. The van der Waals surface area contributed by atoms with E-state index >= 15 is 0 Å². The predicted molar refractivity (Wildman–Crippen MR) is 67.5 cm³/mol. The molecule has 0 spiro atoms. The number of benzene rings is 1. The van der Waals surface area contributed by atoms with Crippen LogP contribution in [0.4, 0.5) is 0 Å². The van der Waals surface area contributed by atoms with Gasteiger partial charge in [-0.3, -0.25) is 0 Å².